The zero-order valence-corrected chi connectivity index (χ0v) is 17.6. The quantitative estimate of drug-likeness (QED) is 0.301. The standard InChI is InChI=1S/C8H8I4N5/c1-4-5-7(14-17-12-11-13-5)8(2,3)6(4)10-16-15-9/h1H2,2-3H3/q-1. The third kappa shape index (κ3) is 2.90. The molecule has 0 aromatic rings. The Morgan fingerprint density at radius 3 is 3.00 bits per heavy atom. The summed E-state index contributed by atoms with van der Waals surface area (Å²) < 4.78 is 18.3. The normalized spacial score (nSPS) is 26.3. The molecule has 0 spiro atoms. The fourth-order valence-electron chi connectivity index (χ4n) is 1.61. The molecule has 2 rings (SSSR count). The summed E-state index contributed by atoms with van der Waals surface area (Å²) >= 11 is 1.14. The molecule has 0 atom stereocenters. The van der Waals surface area contributed by atoms with Crippen LogP contribution in [0.25, 0.3) is 0 Å². The van der Waals surface area contributed by atoms with Gasteiger partial charge in [0.25, 0.3) is 0 Å². The van der Waals surface area contributed by atoms with E-state index in [1.54, 1.807) is 0 Å². The summed E-state index contributed by atoms with van der Waals surface area (Å²) in [5, 5.41) is 4.40. The Labute approximate surface area is 141 Å². The van der Waals surface area contributed by atoms with Gasteiger partial charge in [0.2, 0.25) is 0 Å². The minimum absolute atomic E-state index is 0.116. The second kappa shape index (κ2) is 6.15. The summed E-state index contributed by atoms with van der Waals surface area (Å²) in [6.45, 7) is 8.50. The van der Waals surface area contributed by atoms with E-state index < -0.39 is 21.0 Å². The Balaban J connectivity index is 2.55. The molecule has 1 heterocycles. The van der Waals surface area contributed by atoms with Crippen LogP contribution in [0.15, 0.2) is 41.8 Å². The van der Waals surface area contributed by atoms with Crippen molar-refractivity contribution in [2.75, 3.05) is 0 Å². The van der Waals surface area contributed by atoms with Crippen LogP contribution in [0.5, 0.6) is 0 Å². The van der Waals surface area contributed by atoms with Crippen LogP contribution < -0.4 is 17.5 Å². The molecule has 17 heavy (non-hydrogen) atoms. The summed E-state index contributed by atoms with van der Waals surface area (Å²) in [4.78, 5) is 0. The van der Waals surface area contributed by atoms with E-state index in [0.717, 1.165) is 17.0 Å². The molecular formula is C8H8I4N5-. The first-order valence-corrected chi connectivity index (χ1v) is 15.7. The van der Waals surface area contributed by atoms with Crippen molar-refractivity contribution in [3.8, 4) is 0 Å². The second-order valence-electron chi connectivity index (χ2n) is 3.74. The first-order chi connectivity index (χ1) is 8.09. The van der Waals surface area contributed by atoms with E-state index in [0.29, 0.717) is 0 Å². The Bertz CT molecular complexity index is 514. The van der Waals surface area contributed by atoms with E-state index in [2.05, 4.69) is 35.5 Å². The Morgan fingerprint density at radius 2 is 2.29 bits per heavy atom. The summed E-state index contributed by atoms with van der Waals surface area (Å²) in [5.41, 5.74) is 2.92. The SMILES string of the molecule is C=C1C(=IN=NI)C(C)(C)C2=C1N=I[I-]N=N2. The topological polar surface area (TPSA) is 61.8 Å². The Kier molecular flexibility index (Phi) is 5.31. The third-order valence-electron chi connectivity index (χ3n) is 2.38. The maximum absolute atomic E-state index is 4.69. The van der Waals surface area contributed by atoms with Gasteiger partial charge in [-0.05, 0) is 0 Å². The molecule has 2 aliphatic rings. The van der Waals surface area contributed by atoms with Crippen molar-refractivity contribution in [1.82, 2.24) is 0 Å². The Hall–Kier alpha value is 1.27. The number of hydrogen-bond donors (Lipinski definition) is 0. The molecule has 0 saturated heterocycles. The maximum atomic E-state index is 4.69. The van der Waals surface area contributed by atoms with Gasteiger partial charge in [0.15, 0.2) is 0 Å². The Morgan fingerprint density at radius 1 is 1.53 bits per heavy atom. The molecule has 0 bridgehead atoms. The van der Waals surface area contributed by atoms with Crippen LogP contribution in [0.2, 0.25) is 0 Å². The zero-order chi connectivity index (χ0) is 12.5. The van der Waals surface area contributed by atoms with E-state index in [1.807, 2.05) is 22.9 Å². The molecule has 0 amide bonds. The van der Waals surface area contributed by atoms with Gasteiger partial charge in [0.05, 0.1) is 0 Å². The third-order valence-corrected chi connectivity index (χ3v) is 11.0. The van der Waals surface area contributed by atoms with E-state index in [-0.39, 0.29) is 40.0 Å². The van der Waals surface area contributed by atoms with Crippen molar-refractivity contribution in [2.24, 2.45) is 23.7 Å². The number of nitrogens with zero attached hydrogens (tertiary/aromatic N) is 5. The molecule has 0 aromatic carbocycles. The predicted molar refractivity (Wildman–Crippen MR) is 89.2 cm³/mol. The van der Waals surface area contributed by atoms with Crippen molar-refractivity contribution in [3.05, 3.63) is 23.5 Å². The van der Waals surface area contributed by atoms with Crippen molar-refractivity contribution in [1.29, 1.82) is 0 Å². The van der Waals surface area contributed by atoms with Gasteiger partial charge < -0.3 is 0 Å². The number of rotatable bonds is 1. The molecule has 9 heteroatoms. The molecule has 0 aromatic heterocycles. The van der Waals surface area contributed by atoms with E-state index in [9.17, 15) is 0 Å². The fourth-order valence-corrected chi connectivity index (χ4v) is 7.82. The van der Waals surface area contributed by atoms with Gasteiger partial charge in [-0.3, -0.25) is 0 Å². The first-order valence-electron chi connectivity index (χ1n) is 4.46. The predicted octanol–water partition coefficient (Wildman–Crippen LogP) is 2.19. The van der Waals surface area contributed by atoms with Crippen LogP contribution in [0.4, 0.5) is 0 Å². The van der Waals surface area contributed by atoms with Crippen LogP contribution in [0, 0.1) is 5.41 Å². The monoisotopic (exact) mass is 682 g/mol. The number of hydrogen-bond acceptors (Lipinski definition) is 5. The van der Waals surface area contributed by atoms with E-state index in [1.165, 1.54) is 3.51 Å². The van der Waals surface area contributed by atoms with Crippen molar-refractivity contribution in [3.63, 3.8) is 0 Å². The van der Waals surface area contributed by atoms with E-state index in [4.69, 9.17) is 3.15 Å². The van der Waals surface area contributed by atoms with Crippen LogP contribution in [0.3, 0.4) is 0 Å². The average Bonchev–Trinajstić information content (AvgIpc) is 2.51. The van der Waals surface area contributed by atoms with Gasteiger partial charge in [0.1, 0.15) is 0 Å². The molecule has 0 saturated carbocycles. The fraction of sp³-hybridized carbons (Fsp3) is 0.375. The van der Waals surface area contributed by atoms with Gasteiger partial charge in [-0.2, -0.15) is 0 Å². The molecule has 0 fully saturated rings. The number of allylic oxidation sites excluding steroid dienone is 2. The van der Waals surface area contributed by atoms with E-state index >= 15 is 0 Å². The minimum atomic E-state index is -0.471. The summed E-state index contributed by atoms with van der Waals surface area (Å²) in [6, 6.07) is 0. The van der Waals surface area contributed by atoms with Crippen LogP contribution in [-0.2, 0) is 0 Å². The molecular weight excluding hydrogens is 674 g/mol. The van der Waals surface area contributed by atoms with Gasteiger partial charge in [-0.25, -0.2) is 0 Å². The van der Waals surface area contributed by atoms with Crippen molar-refractivity contribution < 1.29 is 17.5 Å². The van der Waals surface area contributed by atoms with Crippen molar-refractivity contribution >= 4 is 64.4 Å². The van der Waals surface area contributed by atoms with Gasteiger partial charge in [0, 0.05) is 0 Å². The molecule has 0 unspecified atom stereocenters. The summed E-state index contributed by atoms with van der Waals surface area (Å²) in [7, 11) is 0. The average molecular weight is 682 g/mol. The number of halogens is 4. The molecule has 0 radical (unpaired) electrons. The van der Waals surface area contributed by atoms with Crippen LogP contribution >= 0.6 is 60.9 Å². The molecule has 1 aliphatic heterocycles. The van der Waals surface area contributed by atoms with Crippen LogP contribution in [0.1, 0.15) is 13.8 Å². The zero-order valence-electron chi connectivity index (χ0n) is 8.96. The second-order valence-corrected chi connectivity index (χ2v) is 12.7. The summed E-state index contributed by atoms with van der Waals surface area (Å²) in [6.07, 6.45) is 0. The van der Waals surface area contributed by atoms with Crippen LogP contribution in [-0.4, -0.2) is 3.51 Å². The molecule has 94 valence electrons. The van der Waals surface area contributed by atoms with Gasteiger partial charge in [-0.1, -0.05) is 0 Å². The molecule has 0 N–H and O–H groups in total. The van der Waals surface area contributed by atoms with Crippen molar-refractivity contribution in [2.45, 2.75) is 13.8 Å². The first kappa shape index (κ1) is 14.7. The van der Waals surface area contributed by atoms with Gasteiger partial charge in [-0.15, -0.1) is 0 Å². The molecule has 5 nitrogen and oxygen atoms in total. The van der Waals surface area contributed by atoms with Gasteiger partial charge >= 0.3 is 143 Å². The summed E-state index contributed by atoms with van der Waals surface area (Å²) in [5.74, 6) is 0. The molecule has 1 aliphatic carbocycles.